The molecule has 5 nitrogen and oxygen atoms in total. The molecule has 0 aromatic carbocycles. The van der Waals surface area contributed by atoms with Crippen molar-refractivity contribution in [2.45, 2.75) is 26.3 Å². The van der Waals surface area contributed by atoms with Crippen LogP contribution in [0.3, 0.4) is 0 Å². The van der Waals surface area contributed by atoms with Crippen LogP contribution in [0.2, 0.25) is 0 Å². The minimum Gasteiger partial charge on any atom is -0.355 e. The van der Waals surface area contributed by atoms with Crippen LogP contribution in [0, 0.1) is 5.92 Å². The van der Waals surface area contributed by atoms with Crippen molar-refractivity contribution in [2.24, 2.45) is 11.0 Å². The number of hydrazone groups is 1. The van der Waals surface area contributed by atoms with Crippen LogP contribution >= 0.6 is 12.1 Å². The molecular weight excluding hydrogens is 258 g/mol. The van der Waals surface area contributed by atoms with Gasteiger partial charge in [-0.1, -0.05) is 13.0 Å². The van der Waals surface area contributed by atoms with E-state index in [4.69, 9.17) is 0 Å². The Morgan fingerprint density at radius 2 is 2.21 bits per heavy atom. The van der Waals surface area contributed by atoms with E-state index in [1.165, 1.54) is 0 Å². The summed E-state index contributed by atoms with van der Waals surface area (Å²) in [6, 6.07) is 0.560. The van der Waals surface area contributed by atoms with Gasteiger partial charge >= 0.3 is 0 Å². The zero-order valence-corrected chi connectivity index (χ0v) is 13.5. The molecule has 1 aliphatic rings. The second-order valence-corrected chi connectivity index (χ2v) is 6.18. The summed E-state index contributed by atoms with van der Waals surface area (Å²) in [7, 11) is 5.96. The maximum atomic E-state index is 4.34. The molecule has 1 saturated heterocycles. The van der Waals surface area contributed by atoms with E-state index in [2.05, 4.69) is 51.5 Å². The smallest absolute Gasteiger partial charge is 0.148 e. The van der Waals surface area contributed by atoms with Crippen molar-refractivity contribution in [1.82, 2.24) is 19.4 Å². The molecule has 110 valence electrons. The number of nitrogens with zero attached hydrogens (tertiary/aromatic N) is 3. The Hall–Kier alpha value is -0.720. The van der Waals surface area contributed by atoms with Crippen LogP contribution in [0.25, 0.3) is 0 Å². The molecule has 2 atom stereocenters. The molecule has 1 heterocycles. The van der Waals surface area contributed by atoms with Crippen molar-refractivity contribution in [2.75, 3.05) is 34.2 Å². The first-order valence-electron chi connectivity index (χ1n) is 6.80. The van der Waals surface area contributed by atoms with E-state index in [9.17, 15) is 0 Å². The molecule has 0 spiro atoms. The summed E-state index contributed by atoms with van der Waals surface area (Å²) >= 11 is 1.68. The fraction of sp³-hybridized carbons (Fsp3) is 0.769. The van der Waals surface area contributed by atoms with Gasteiger partial charge in [-0.25, -0.2) is 9.03 Å². The van der Waals surface area contributed by atoms with Crippen LogP contribution in [0.5, 0.6) is 0 Å². The van der Waals surface area contributed by atoms with E-state index >= 15 is 0 Å². The van der Waals surface area contributed by atoms with Crippen molar-refractivity contribution in [3.8, 4) is 0 Å². The lowest BCUT2D eigenvalue weighted by atomic mass is 9.94. The molecule has 0 saturated carbocycles. The summed E-state index contributed by atoms with van der Waals surface area (Å²) in [4.78, 5) is 2.35. The highest BCUT2D eigenvalue weighted by molar-refractivity contribution is 7.95. The number of hydrogen-bond acceptors (Lipinski definition) is 5. The third-order valence-electron chi connectivity index (χ3n) is 3.16. The van der Waals surface area contributed by atoms with Gasteiger partial charge in [0.1, 0.15) is 5.84 Å². The minimum atomic E-state index is 0.560. The van der Waals surface area contributed by atoms with Gasteiger partial charge in [0.2, 0.25) is 0 Å². The standard InChI is InChI=1S/C13H27N5S/c1-6-7-13(15-14-3)18-9-8-12(11(2)10-18)16-19-17(4)5/h6-7,11-12,14,16H,8-10H2,1-5H3/b7-6-,15-13+. The highest BCUT2D eigenvalue weighted by Crippen LogP contribution is 2.19. The minimum absolute atomic E-state index is 0.560. The van der Waals surface area contributed by atoms with Crippen molar-refractivity contribution >= 4 is 18.0 Å². The molecule has 0 aromatic heterocycles. The van der Waals surface area contributed by atoms with Gasteiger partial charge in [-0.3, -0.25) is 0 Å². The molecule has 0 radical (unpaired) electrons. The molecule has 0 aliphatic carbocycles. The van der Waals surface area contributed by atoms with Gasteiger partial charge in [0.25, 0.3) is 0 Å². The Balaban J connectivity index is 2.54. The van der Waals surface area contributed by atoms with Crippen LogP contribution in [0.4, 0.5) is 0 Å². The monoisotopic (exact) mass is 285 g/mol. The predicted molar refractivity (Wildman–Crippen MR) is 84.9 cm³/mol. The summed E-state index contributed by atoms with van der Waals surface area (Å²) in [5.41, 5.74) is 2.88. The molecule has 19 heavy (non-hydrogen) atoms. The molecule has 0 amide bonds. The van der Waals surface area contributed by atoms with E-state index < -0.39 is 0 Å². The van der Waals surface area contributed by atoms with Crippen molar-refractivity contribution in [3.05, 3.63) is 12.2 Å². The molecule has 0 aromatic rings. The number of nitrogens with one attached hydrogen (secondary N) is 2. The average Bonchev–Trinajstić information content (AvgIpc) is 2.37. The van der Waals surface area contributed by atoms with E-state index in [1.54, 1.807) is 12.1 Å². The van der Waals surface area contributed by atoms with Crippen molar-refractivity contribution in [1.29, 1.82) is 0 Å². The first-order chi connectivity index (χ1) is 9.08. The molecule has 6 heteroatoms. The third-order valence-corrected chi connectivity index (χ3v) is 3.93. The molecule has 1 rings (SSSR count). The number of rotatable bonds is 5. The summed E-state index contributed by atoms with van der Waals surface area (Å²) in [5, 5.41) is 4.34. The quantitative estimate of drug-likeness (QED) is 0.347. The van der Waals surface area contributed by atoms with Crippen LogP contribution < -0.4 is 10.1 Å². The van der Waals surface area contributed by atoms with Crippen molar-refractivity contribution in [3.63, 3.8) is 0 Å². The van der Waals surface area contributed by atoms with Gasteiger partial charge in [-0.05, 0) is 39.4 Å². The summed E-state index contributed by atoms with van der Waals surface area (Å²) in [5.74, 6) is 1.63. The lowest BCUT2D eigenvalue weighted by Gasteiger charge is -2.38. The maximum Gasteiger partial charge on any atom is 0.148 e. The number of likely N-dealkylation sites (tertiary alicyclic amines) is 1. The Bertz CT molecular complexity index is 316. The van der Waals surface area contributed by atoms with Crippen LogP contribution in [0.1, 0.15) is 20.3 Å². The Kier molecular flexibility index (Phi) is 7.27. The van der Waals surface area contributed by atoms with Gasteiger partial charge in [0.05, 0.1) is 0 Å². The lowest BCUT2D eigenvalue weighted by Crippen LogP contribution is -2.49. The Morgan fingerprint density at radius 3 is 2.74 bits per heavy atom. The summed E-state index contributed by atoms with van der Waals surface area (Å²) < 4.78 is 5.63. The fourth-order valence-corrected chi connectivity index (χ4v) is 2.88. The van der Waals surface area contributed by atoms with E-state index in [0.29, 0.717) is 12.0 Å². The summed E-state index contributed by atoms with van der Waals surface area (Å²) in [6.45, 7) is 6.40. The second kappa shape index (κ2) is 8.45. The SMILES string of the molecule is C/C=C\C(=N/NC)N1CCC(NSN(C)C)C(C)C1. The van der Waals surface area contributed by atoms with Crippen LogP contribution in [0.15, 0.2) is 17.3 Å². The predicted octanol–water partition coefficient (Wildman–Crippen LogP) is 1.52. The zero-order valence-electron chi connectivity index (χ0n) is 12.7. The van der Waals surface area contributed by atoms with Gasteiger partial charge in [0, 0.05) is 38.3 Å². The van der Waals surface area contributed by atoms with Gasteiger partial charge in [0.15, 0.2) is 0 Å². The Morgan fingerprint density at radius 1 is 1.47 bits per heavy atom. The third kappa shape index (κ3) is 5.42. The molecule has 2 unspecified atom stereocenters. The fourth-order valence-electron chi connectivity index (χ4n) is 2.18. The highest BCUT2D eigenvalue weighted by atomic mass is 32.2. The van der Waals surface area contributed by atoms with Crippen LogP contribution in [-0.4, -0.2) is 55.3 Å². The first kappa shape index (κ1) is 16.3. The maximum absolute atomic E-state index is 4.34. The lowest BCUT2D eigenvalue weighted by molar-refractivity contribution is 0.232. The summed E-state index contributed by atoms with van der Waals surface area (Å²) in [6.07, 6.45) is 5.24. The number of allylic oxidation sites excluding steroid dienone is 1. The number of amidine groups is 1. The average molecular weight is 285 g/mol. The normalized spacial score (nSPS) is 25.4. The topological polar surface area (TPSA) is 42.9 Å². The Labute approximate surface area is 121 Å². The van der Waals surface area contributed by atoms with Crippen molar-refractivity contribution < 1.29 is 0 Å². The molecule has 1 fully saturated rings. The van der Waals surface area contributed by atoms with E-state index in [1.807, 2.05) is 20.0 Å². The molecule has 2 N–H and O–H groups in total. The number of hydrogen-bond donors (Lipinski definition) is 2. The van der Waals surface area contributed by atoms with Gasteiger partial charge in [-0.2, -0.15) is 5.10 Å². The molecule has 0 bridgehead atoms. The van der Waals surface area contributed by atoms with E-state index in [-0.39, 0.29) is 0 Å². The second-order valence-electron chi connectivity index (χ2n) is 5.03. The van der Waals surface area contributed by atoms with Gasteiger partial charge < -0.3 is 10.3 Å². The van der Waals surface area contributed by atoms with Gasteiger partial charge in [-0.15, -0.1) is 0 Å². The van der Waals surface area contributed by atoms with E-state index in [0.717, 1.165) is 25.3 Å². The largest absolute Gasteiger partial charge is 0.355 e. The molecule has 1 aliphatic heterocycles. The molecular formula is C13H27N5S. The highest BCUT2D eigenvalue weighted by Gasteiger charge is 2.27. The van der Waals surface area contributed by atoms with Crippen LogP contribution in [-0.2, 0) is 0 Å². The number of piperidine rings is 1. The first-order valence-corrected chi connectivity index (χ1v) is 7.57. The zero-order chi connectivity index (χ0) is 14.3.